The second kappa shape index (κ2) is 7.40. The van der Waals surface area contributed by atoms with Gasteiger partial charge in [-0.1, -0.05) is 24.3 Å². The van der Waals surface area contributed by atoms with Crippen molar-refractivity contribution in [3.05, 3.63) is 54.1 Å². The molecule has 0 N–H and O–H groups in total. The molecule has 1 atom stereocenters. The average molecular weight is 365 g/mol. The summed E-state index contributed by atoms with van der Waals surface area (Å²) in [5.74, 6) is 2.47. The van der Waals surface area contributed by atoms with Gasteiger partial charge in [0, 0.05) is 32.8 Å². The third-order valence-corrected chi connectivity index (χ3v) is 4.95. The lowest BCUT2D eigenvalue weighted by atomic mass is 10.1. The zero-order chi connectivity index (χ0) is 18.8. The Kier molecular flexibility index (Phi) is 4.81. The maximum atomic E-state index is 12.2. The number of hydrogen-bond donors (Lipinski definition) is 0. The van der Waals surface area contributed by atoms with Gasteiger partial charge in [0.15, 0.2) is 5.75 Å². The van der Waals surface area contributed by atoms with E-state index in [1.807, 2.05) is 53.4 Å². The molecule has 1 saturated heterocycles. The number of amidine groups is 1. The fraction of sp³-hybridized carbons (Fsp3) is 0.333. The number of benzene rings is 2. The molecule has 2 aliphatic heterocycles. The van der Waals surface area contributed by atoms with Crippen LogP contribution in [0.3, 0.4) is 0 Å². The molecule has 0 saturated carbocycles. The van der Waals surface area contributed by atoms with Crippen LogP contribution in [0.5, 0.6) is 11.5 Å². The predicted octanol–water partition coefficient (Wildman–Crippen LogP) is 3.05. The fourth-order valence-corrected chi connectivity index (χ4v) is 3.64. The topological polar surface area (TPSA) is 54.4 Å². The van der Waals surface area contributed by atoms with E-state index in [-0.39, 0.29) is 18.6 Å². The van der Waals surface area contributed by atoms with Crippen LogP contribution < -0.4 is 4.74 Å². The molecule has 1 fully saturated rings. The number of ether oxygens (including phenoxy) is 2. The number of piperazine rings is 1. The Morgan fingerprint density at radius 3 is 2.67 bits per heavy atom. The van der Waals surface area contributed by atoms with Crippen LogP contribution in [0.15, 0.2) is 53.5 Å². The highest BCUT2D eigenvalue weighted by Crippen LogP contribution is 2.38. The lowest BCUT2D eigenvalue weighted by Crippen LogP contribution is -2.56. The van der Waals surface area contributed by atoms with Crippen LogP contribution in [0.2, 0.25) is 0 Å². The Hall–Kier alpha value is -2.86. The SMILES string of the molecule is COCC(=O)N1CCN(C2=Nc3ccccc3Oc3ccccc32)CC1C. The number of para-hydroxylation sites is 3. The zero-order valence-corrected chi connectivity index (χ0v) is 15.6. The highest BCUT2D eigenvalue weighted by molar-refractivity contribution is 6.03. The maximum absolute atomic E-state index is 12.2. The first-order valence-electron chi connectivity index (χ1n) is 9.15. The summed E-state index contributed by atoms with van der Waals surface area (Å²) in [4.78, 5) is 21.3. The van der Waals surface area contributed by atoms with Gasteiger partial charge in [-0.3, -0.25) is 4.79 Å². The highest BCUT2D eigenvalue weighted by Gasteiger charge is 2.31. The van der Waals surface area contributed by atoms with Gasteiger partial charge in [0.1, 0.15) is 23.9 Å². The smallest absolute Gasteiger partial charge is 0.248 e. The van der Waals surface area contributed by atoms with Crippen LogP contribution in [0.1, 0.15) is 12.5 Å². The van der Waals surface area contributed by atoms with E-state index in [4.69, 9.17) is 14.5 Å². The number of carbonyl (C=O) groups excluding carboxylic acids is 1. The summed E-state index contributed by atoms with van der Waals surface area (Å²) in [5, 5.41) is 0. The molecule has 1 unspecified atom stereocenters. The minimum absolute atomic E-state index is 0.0292. The number of aliphatic imine (C=N–C) groups is 1. The number of carbonyl (C=O) groups is 1. The molecule has 1 amide bonds. The molecule has 6 nitrogen and oxygen atoms in total. The zero-order valence-electron chi connectivity index (χ0n) is 15.6. The third-order valence-electron chi connectivity index (χ3n) is 4.95. The normalized spacial score (nSPS) is 18.7. The van der Waals surface area contributed by atoms with Gasteiger partial charge in [-0.15, -0.1) is 0 Å². The highest BCUT2D eigenvalue weighted by atomic mass is 16.5. The van der Waals surface area contributed by atoms with Crippen LogP contribution in [-0.2, 0) is 9.53 Å². The standard InChI is InChI=1S/C21H23N3O3/c1-15-13-23(11-12-24(15)20(25)14-26-2)21-16-7-3-5-9-18(16)27-19-10-6-4-8-17(19)22-21/h3-10,15H,11-14H2,1-2H3. The van der Waals surface area contributed by atoms with E-state index in [1.165, 1.54) is 0 Å². The second-order valence-electron chi connectivity index (χ2n) is 6.82. The number of rotatable bonds is 2. The Morgan fingerprint density at radius 1 is 1.15 bits per heavy atom. The molecule has 2 aromatic carbocycles. The van der Waals surface area contributed by atoms with Gasteiger partial charge < -0.3 is 19.3 Å². The van der Waals surface area contributed by atoms with Gasteiger partial charge in [-0.05, 0) is 31.2 Å². The van der Waals surface area contributed by atoms with E-state index < -0.39 is 0 Å². The number of amides is 1. The van der Waals surface area contributed by atoms with E-state index in [0.717, 1.165) is 35.1 Å². The number of methoxy groups -OCH3 is 1. The van der Waals surface area contributed by atoms with Crippen LogP contribution in [-0.4, -0.2) is 60.9 Å². The molecule has 2 aromatic rings. The van der Waals surface area contributed by atoms with Gasteiger partial charge in [0.25, 0.3) is 0 Å². The average Bonchev–Trinajstić information content (AvgIpc) is 2.84. The van der Waals surface area contributed by atoms with Crippen LogP contribution >= 0.6 is 0 Å². The van der Waals surface area contributed by atoms with Crippen molar-refractivity contribution >= 4 is 17.4 Å². The fourth-order valence-electron chi connectivity index (χ4n) is 3.64. The van der Waals surface area contributed by atoms with Crippen molar-refractivity contribution in [2.45, 2.75) is 13.0 Å². The molecular formula is C21H23N3O3. The summed E-state index contributed by atoms with van der Waals surface area (Å²) in [7, 11) is 1.55. The van der Waals surface area contributed by atoms with Crippen molar-refractivity contribution in [2.24, 2.45) is 4.99 Å². The summed E-state index contributed by atoms with van der Waals surface area (Å²) in [5.41, 5.74) is 1.78. The quantitative estimate of drug-likeness (QED) is 0.821. The molecule has 2 heterocycles. The van der Waals surface area contributed by atoms with Gasteiger partial charge >= 0.3 is 0 Å². The summed E-state index contributed by atoms with van der Waals surface area (Å²) in [6.45, 7) is 4.26. The molecule has 6 heteroatoms. The third kappa shape index (κ3) is 3.40. The summed E-state index contributed by atoms with van der Waals surface area (Å²) in [6.07, 6.45) is 0. The molecule has 4 rings (SSSR count). The van der Waals surface area contributed by atoms with Crippen molar-refractivity contribution < 1.29 is 14.3 Å². The largest absolute Gasteiger partial charge is 0.454 e. The summed E-state index contributed by atoms with van der Waals surface area (Å²) in [6, 6.07) is 15.8. The molecule has 2 aliphatic rings. The monoisotopic (exact) mass is 365 g/mol. The molecule has 0 radical (unpaired) electrons. The van der Waals surface area contributed by atoms with E-state index in [2.05, 4.69) is 11.8 Å². The van der Waals surface area contributed by atoms with Crippen molar-refractivity contribution in [1.29, 1.82) is 0 Å². The Morgan fingerprint density at radius 2 is 1.89 bits per heavy atom. The van der Waals surface area contributed by atoms with Gasteiger partial charge in [-0.25, -0.2) is 4.99 Å². The molecule has 0 aliphatic carbocycles. The summed E-state index contributed by atoms with van der Waals surface area (Å²) >= 11 is 0. The first-order chi connectivity index (χ1) is 13.2. The van der Waals surface area contributed by atoms with E-state index >= 15 is 0 Å². The van der Waals surface area contributed by atoms with Crippen molar-refractivity contribution in [3.63, 3.8) is 0 Å². The first kappa shape index (κ1) is 17.5. The van der Waals surface area contributed by atoms with E-state index in [0.29, 0.717) is 13.1 Å². The minimum Gasteiger partial charge on any atom is -0.454 e. The molecule has 0 bridgehead atoms. The number of hydrogen-bond acceptors (Lipinski definition) is 5. The lowest BCUT2D eigenvalue weighted by molar-refractivity contribution is -0.138. The van der Waals surface area contributed by atoms with Gasteiger partial charge in [0.2, 0.25) is 5.91 Å². The summed E-state index contributed by atoms with van der Waals surface area (Å²) < 4.78 is 11.1. The Balaban J connectivity index is 1.67. The van der Waals surface area contributed by atoms with Crippen molar-refractivity contribution in [1.82, 2.24) is 9.80 Å². The van der Waals surface area contributed by atoms with Crippen LogP contribution in [0, 0.1) is 0 Å². The van der Waals surface area contributed by atoms with Crippen molar-refractivity contribution in [3.8, 4) is 11.5 Å². The van der Waals surface area contributed by atoms with Gasteiger partial charge in [0.05, 0.1) is 5.56 Å². The molecule has 27 heavy (non-hydrogen) atoms. The van der Waals surface area contributed by atoms with Crippen molar-refractivity contribution in [2.75, 3.05) is 33.4 Å². The lowest BCUT2D eigenvalue weighted by Gasteiger charge is -2.41. The number of fused-ring (bicyclic) bond motifs is 2. The van der Waals surface area contributed by atoms with Crippen LogP contribution in [0.25, 0.3) is 0 Å². The van der Waals surface area contributed by atoms with E-state index in [9.17, 15) is 4.79 Å². The molecular weight excluding hydrogens is 342 g/mol. The Bertz CT molecular complexity index is 880. The van der Waals surface area contributed by atoms with Gasteiger partial charge in [-0.2, -0.15) is 0 Å². The molecule has 0 spiro atoms. The second-order valence-corrected chi connectivity index (χ2v) is 6.82. The molecule has 0 aromatic heterocycles. The Labute approximate surface area is 159 Å². The minimum atomic E-state index is 0.0292. The predicted molar refractivity (Wildman–Crippen MR) is 104 cm³/mol. The van der Waals surface area contributed by atoms with E-state index in [1.54, 1.807) is 7.11 Å². The molecule has 140 valence electrons. The van der Waals surface area contributed by atoms with Crippen LogP contribution in [0.4, 0.5) is 5.69 Å². The maximum Gasteiger partial charge on any atom is 0.248 e. The first-order valence-corrected chi connectivity index (χ1v) is 9.15. The number of nitrogens with zero attached hydrogens (tertiary/aromatic N) is 3.